The van der Waals surface area contributed by atoms with Crippen LogP contribution in [0.2, 0.25) is 160 Å². The SMILES string of the molecule is C.C.C.C.C.C.CC(C)(C)C[Si](C)(Cl)C1C=C(C[Si](C)(C)C)c2ccccc21.CC(C)(C)C[Si](C)(Cl)C1C=C(C[Si](C)(C)C)c2ccccc21.CCC1=Cc2ccccc2C1[Si](C)(CC(C)(C)C)C1C=C(C[Si](C)(C)C)c2ccccc21.C[Si](C)(C)CC1=CCc2ccccc21.C[Si](C)(C)Cc1cc2cc[cH-]cc-2c1.O.O.O. The summed E-state index contributed by atoms with van der Waals surface area (Å²) in [6.45, 7) is 67.9. The summed E-state index contributed by atoms with van der Waals surface area (Å²) in [5.41, 5.74) is 30.6. The van der Waals surface area contributed by atoms with Crippen LogP contribution in [0.1, 0.15) is 204 Å². The van der Waals surface area contributed by atoms with Crippen LogP contribution in [0, 0.1) is 16.2 Å². The van der Waals surface area contributed by atoms with Gasteiger partial charge in [0.25, 0.3) is 0 Å². The molecule has 0 bridgehead atoms. The van der Waals surface area contributed by atoms with E-state index < -0.39 is 63.2 Å². The molecule has 0 aliphatic heterocycles. The standard InChI is InChI=1S/C30H42Si2.2C19H31ClSi2.C13H17Si.C13H18Si.6CH4.3H2O/c1-9-22-18-23-14-10-11-16-26(23)29(22)32(8,21-30(2,3)4)28-19-24(20-31(5,6)7)25-15-12-13-17-27(25)28;2*1-19(2,3)14-22(7,20)18-12-15(13-21(4,5)6)16-10-8-9-11-17(16)18;1-14(2,3)10-11-8-12-6-4-5-7-13(12)9-11;1-14(2,3)10-12-9-8-11-6-4-5-7-13(11)12;;;;;;;;;/h10-19,28-29H,9,20-21H2,1-8H3;2*8-12,18H,13-14H2,1-7H3;4-9H,10H2,1-3H3;4-7,9H,8,10H2,1-3H3;6*1H4;3*1H2/q;;;-1;;;;;;;;;;. The van der Waals surface area contributed by atoms with Gasteiger partial charge >= 0.3 is 0 Å². The van der Waals surface area contributed by atoms with E-state index >= 15 is 0 Å². The Bertz CT molecular complexity index is 4070. The molecule has 5 aromatic rings. The lowest BCUT2D eigenvalue weighted by atomic mass is 10.0. The molecule has 0 spiro atoms. The molecule has 0 saturated carbocycles. The normalized spacial score (nSPS) is 17.9. The molecule has 7 aliphatic rings. The molecule has 5 aromatic carbocycles. The fourth-order valence-corrected chi connectivity index (χ4v) is 43.3. The molecule has 634 valence electrons. The summed E-state index contributed by atoms with van der Waals surface area (Å²) in [5, 5.41) is 0. The van der Waals surface area contributed by atoms with Crippen molar-refractivity contribution >= 4 is 114 Å². The van der Waals surface area contributed by atoms with E-state index in [2.05, 4.69) is 375 Å². The fraction of sp³-hybridized carbons (Fsp3) is 0.510. The quantitative estimate of drug-likeness (QED) is 0.0465. The monoisotopic (exact) mass is 1710 g/mol. The molecule has 6 N–H and O–H groups in total. The highest BCUT2D eigenvalue weighted by Gasteiger charge is 2.51. The molecule has 0 radical (unpaired) electrons. The predicted octanol–water partition coefficient (Wildman–Crippen LogP) is 32.3. The summed E-state index contributed by atoms with van der Waals surface area (Å²) in [6, 6.07) is 68.8. The average Bonchev–Trinajstić information content (AvgIpc) is 1.58. The molecule has 7 unspecified atom stereocenters. The first-order valence-electron chi connectivity index (χ1n) is 39.8. The van der Waals surface area contributed by atoms with E-state index in [0.29, 0.717) is 38.4 Å². The van der Waals surface area contributed by atoms with Crippen LogP contribution in [0.5, 0.6) is 0 Å². The Morgan fingerprint density at radius 1 is 0.381 bits per heavy atom. The Labute approximate surface area is 715 Å². The zero-order valence-electron chi connectivity index (χ0n) is 72.0. The van der Waals surface area contributed by atoms with Gasteiger partial charge in [-0.2, -0.15) is 46.4 Å². The third kappa shape index (κ3) is 31.5. The van der Waals surface area contributed by atoms with Gasteiger partial charge in [0, 0.05) is 57.0 Å². The van der Waals surface area contributed by atoms with Crippen molar-refractivity contribution in [2.75, 3.05) is 0 Å². The topological polar surface area (TPSA) is 94.5 Å². The number of fused-ring (bicyclic) bond motifs is 6. The highest BCUT2D eigenvalue weighted by Crippen LogP contribution is 2.57. The lowest BCUT2D eigenvalue weighted by Crippen LogP contribution is -2.47. The van der Waals surface area contributed by atoms with E-state index in [1.54, 1.807) is 44.6 Å². The Balaban J connectivity index is 0. The molecule has 0 amide bonds. The molecule has 0 fully saturated rings. The molecular formula is C100H169Cl2O3Si8-. The number of halogens is 2. The first kappa shape index (κ1) is 111. The molecule has 13 heteroatoms. The van der Waals surface area contributed by atoms with Crippen molar-refractivity contribution in [3.8, 4) is 11.1 Å². The van der Waals surface area contributed by atoms with Crippen LogP contribution in [0.25, 0.3) is 39.5 Å². The van der Waals surface area contributed by atoms with Crippen LogP contribution in [0.3, 0.4) is 0 Å². The highest BCUT2D eigenvalue weighted by molar-refractivity contribution is 7.21. The molecule has 7 aliphatic carbocycles. The molecule has 7 atom stereocenters. The van der Waals surface area contributed by atoms with Crippen molar-refractivity contribution in [2.24, 2.45) is 16.2 Å². The maximum atomic E-state index is 7.20. The van der Waals surface area contributed by atoms with E-state index in [4.69, 9.17) is 22.2 Å². The summed E-state index contributed by atoms with van der Waals surface area (Å²) in [6.07, 6.45) is 15.1. The summed E-state index contributed by atoms with van der Waals surface area (Å²) in [4.78, 5) is 0. The van der Waals surface area contributed by atoms with E-state index in [9.17, 15) is 0 Å². The number of hydrogen-bond donors (Lipinski definition) is 0. The van der Waals surface area contributed by atoms with Crippen molar-refractivity contribution in [1.29, 1.82) is 0 Å². The van der Waals surface area contributed by atoms with Crippen molar-refractivity contribution in [2.45, 2.75) is 315 Å². The van der Waals surface area contributed by atoms with Gasteiger partial charge in [0.1, 0.15) is 0 Å². The van der Waals surface area contributed by atoms with Gasteiger partial charge in [-0.1, -0.05) is 407 Å². The minimum Gasteiger partial charge on any atom is -0.412 e. The molecule has 0 heterocycles. The number of allylic oxidation sites excluding steroid dienone is 9. The molecule has 12 rings (SSSR count). The van der Waals surface area contributed by atoms with Gasteiger partial charge in [0.05, 0.1) is 8.07 Å². The van der Waals surface area contributed by atoms with Gasteiger partial charge in [-0.3, -0.25) is 0 Å². The summed E-state index contributed by atoms with van der Waals surface area (Å²) in [7, 11) is -10.9. The van der Waals surface area contributed by atoms with E-state index in [-0.39, 0.29) is 61.0 Å². The third-order valence-electron chi connectivity index (χ3n) is 21.0. The zero-order valence-corrected chi connectivity index (χ0v) is 81.5. The Morgan fingerprint density at radius 3 is 1.10 bits per heavy atom. The fourth-order valence-electron chi connectivity index (χ4n) is 18.4. The number of benzene rings is 6. The van der Waals surface area contributed by atoms with Crippen molar-refractivity contribution in [3.63, 3.8) is 0 Å². The molecule has 113 heavy (non-hydrogen) atoms. The van der Waals surface area contributed by atoms with E-state index in [1.807, 2.05) is 0 Å². The minimum absolute atomic E-state index is 0. The second kappa shape index (κ2) is 43.2. The van der Waals surface area contributed by atoms with Crippen LogP contribution in [-0.4, -0.2) is 79.6 Å². The summed E-state index contributed by atoms with van der Waals surface area (Å²) in [5.74, 6) is 0. The lowest BCUT2D eigenvalue weighted by molar-refractivity contribution is 0.456. The van der Waals surface area contributed by atoms with Gasteiger partial charge in [-0.25, -0.2) is 0 Å². The van der Waals surface area contributed by atoms with Crippen LogP contribution in [-0.2, 0) is 12.5 Å². The van der Waals surface area contributed by atoms with Crippen molar-refractivity contribution in [3.05, 3.63) is 249 Å². The first-order chi connectivity index (χ1) is 47.8. The Morgan fingerprint density at radius 2 is 0.717 bits per heavy atom. The van der Waals surface area contributed by atoms with E-state index in [1.165, 1.54) is 91.9 Å². The van der Waals surface area contributed by atoms with Crippen LogP contribution in [0.4, 0.5) is 0 Å². The Hall–Kier alpha value is -4.17. The molecule has 0 aromatic heterocycles. The summed E-state index contributed by atoms with van der Waals surface area (Å²) < 4.78 is 0. The maximum absolute atomic E-state index is 7.20. The van der Waals surface area contributed by atoms with Gasteiger partial charge in [-0.15, -0.1) is 17.2 Å². The second-order valence-corrected chi connectivity index (χ2v) is 86.6. The Kier molecular flexibility index (Phi) is 42.4. The number of hydrogen-bond acceptors (Lipinski definition) is 0. The van der Waals surface area contributed by atoms with Crippen LogP contribution >= 0.6 is 22.2 Å². The van der Waals surface area contributed by atoms with E-state index in [0.717, 1.165) is 24.9 Å². The molecule has 0 saturated heterocycles. The average molecular weight is 1720 g/mol. The molecule has 3 nitrogen and oxygen atoms in total. The smallest absolute Gasteiger partial charge is 0.165 e. The van der Waals surface area contributed by atoms with Crippen molar-refractivity contribution < 1.29 is 16.4 Å². The lowest BCUT2D eigenvalue weighted by Gasteiger charge is -2.44. The van der Waals surface area contributed by atoms with Gasteiger partial charge < -0.3 is 16.4 Å². The highest BCUT2D eigenvalue weighted by atomic mass is 35.6. The first-order valence-corrected chi connectivity index (χ1v) is 68.8. The maximum Gasteiger partial charge on any atom is 0.165 e. The second-order valence-electron chi connectivity index (χ2n) is 42.4. The summed E-state index contributed by atoms with van der Waals surface area (Å²) >= 11 is 14.4. The zero-order chi connectivity index (χ0) is 77.2. The van der Waals surface area contributed by atoms with Crippen LogP contribution in [0.15, 0.2) is 188 Å². The third-order valence-corrected chi connectivity index (χ3v) is 43.2. The van der Waals surface area contributed by atoms with Crippen LogP contribution < -0.4 is 0 Å². The van der Waals surface area contributed by atoms with Gasteiger partial charge in [0.2, 0.25) is 0 Å². The largest absolute Gasteiger partial charge is 0.412 e. The minimum atomic E-state index is -1.86. The van der Waals surface area contributed by atoms with Gasteiger partial charge in [-0.05, 0) is 155 Å². The van der Waals surface area contributed by atoms with Gasteiger partial charge in [0.15, 0.2) is 14.8 Å². The number of rotatable bonds is 18. The molecular weight excluding hydrogens is 1540 g/mol. The van der Waals surface area contributed by atoms with Crippen molar-refractivity contribution in [1.82, 2.24) is 0 Å². The predicted molar refractivity (Wildman–Crippen MR) is 546 cm³/mol.